The van der Waals surface area contributed by atoms with Crippen molar-refractivity contribution in [1.82, 2.24) is 20.3 Å². The highest BCUT2D eigenvalue weighted by Gasteiger charge is 2.22. The Kier molecular flexibility index (Phi) is 4.42. The number of carbonyl (C=O) groups is 2. The van der Waals surface area contributed by atoms with E-state index in [9.17, 15) is 9.59 Å². The lowest BCUT2D eigenvalue weighted by Crippen LogP contribution is -2.42. The van der Waals surface area contributed by atoms with E-state index in [0.29, 0.717) is 18.9 Å². The summed E-state index contributed by atoms with van der Waals surface area (Å²) in [5, 5.41) is 18.6. The second-order valence-electron chi connectivity index (χ2n) is 3.95. The molecule has 1 fully saturated rings. The third-order valence-corrected chi connectivity index (χ3v) is 2.44. The van der Waals surface area contributed by atoms with Gasteiger partial charge in [-0.1, -0.05) is 5.21 Å². The van der Waals surface area contributed by atoms with E-state index in [1.165, 1.54) is 10.9 Å². The van der Waals surface area contributed by atoms with E-state index in [1.807, 2.05) is 0 Å². The Morgan fingerprint density at radius 2 is 2.37 bits per heavy atom. The highest BCUT2D eigenvalue weighted by Crippen LogP contribution is 2.01. The number of amides is 1. The number of hydrogen-bond donors (Lipinski definition) is 2. The summed E-state index contributed by atoms with van der Waals surface area (Å²) in [7, 11) is 0. The number of carbonyl (C=O) groups excluding carboxylic acids is 1. The monoisotopic (exact) mass is 270 g/mol. The number of aliphatic carboxylic acids is 1. The summed E-state index contributed by atoms with van der Waals surface area (Å²) in [5.74, 6) is -1.29. The van der Waals surface area contributed by atoms with Gasteiger partial charge in [-0.25, -0.2) is 4.68 Å². The van der Waals surface area contributed by atoms with Crippen molar-refractivity contribution in [3.8, 4) is 0 Å². The van der Waals surface area contributed by atoms with E-state index < -0.39 is 12.1 Å². The van der Waals surface area contributed by atoms with Crippen molar-refractivity contribution in [3.63, 3.8) is 0 Å². The van der Waals surface area contributed by atoms with Gasteiger partial charge >= 0.3 is 5.97 Å². The molecule has 0 radical (unpaired) electrons. The number of rotatable bonds is 5. The zero-order chi connectivity index (χ0) is 13.7. The second kappa shape index (κ2) is 6.25. The van der Waals surface area contributed by atoms with Crippen LogP contribution in [0.15, 0.2) is 6.20 Å². The van der Waals surface area contributed by atoms with Gasteiger partial charge < -0.3 is 19.9 Å². The van der Waals surface area contributed by atoms with Gasteiger partial charge in [-0.2, -0.15) is 0 Å². The summed E-state index contributed by atoms with van der Waals surface area (Å²) >= 11 is 0. The zero-order valence-corrected chi connectivity index (χ0v) is 10.1. The van der Waals surface area contributed by atoms with Crippen LogP contribution >= 0.6 is 0 Å². The molecule has 1 aromatic heterocycles. The van der Waals surface area contributed by atoms with Crippen LogP contribution in [-0.4, -0.2) is 57.9 Å². The summed E-state index contributed by atoms with van der Waals surface area (Å²) in [6.07, 6.45) is 0.856. The fourth-order valence-corrected chi connectivity index (χ4v) is 1.57. The van der Waals surface area contributed by atoms with Crippen LogP contribution in [0.5, 0.6) is 0 Å². The number of hydrogen-bond acceptors (Lipinski definition) is 6. The van der Waals surface area contributed by atoms with Crippen LogP contribution in [0, 0.1) is 0 Å². The first-order chi connectivity index (χ1) is 9.15. The molecule has 9 nitrogen and oxygen atoms in total. The molecule has 1 amide bonds. The number of ether oxygens (including phenoxy) is 2. The lowest BCUT2D eigenvalue weighted by Gasteiger charge is -2.21. The molecule has 19 heavy (non-hydrogen) atoms. The van der Waals surface area contributed by atoms with Crippen molar-refractivity contribution < 1.29 is 24.2 Å². The largest absolute Gasteiger partial charge is 0.480 e. The molecule has 0 aromatic carbocycles. The molecule has 1 unspecified atom stereocenters. The Hall–Kier alpha value is -2.00. The van der Waals surface area contributed by atoms with E-state index in [1.54, 1.807) is 0 Å². The molecule has 1 atom stereocenters. The van der Waals surface area contributed by atoms with Crippen molar-refractivity contribution in [3.05, 3.63) is 11.9 Å². The number of aromatic nitrogens is 3. The maximum atomic E-state index is 11.7. The van der Waals surface area contributed by atoms with Crippen molar-refractivity contribution in [2.45, 2.75) is 19.2 Å². The van der Waals surface area contributed by atoms with Gasteiger partial charge in [0.05, 0.1) is 32.6 Å². The fourth-order valence-electron chi connectivity index (χ4n) is 1.57. The Labute approximate surface area is 108 Å². The molecule has 1 aromatic rings. The Bertz CT molecular complexity index is 455. The molecular weight excluding hydrogens is 256 g/mol. The minimum Gasteiger partial charge on any atom is -0.480 e. The van der Waals surface area contributed by atoms with E-state index >= 15 is 0 Å². The fraction of sp³-hybridized carbons (Fsp3) is 0.600. The molecule has 104 valence electrons. The molecule has 2 N–H and O–H groups in total. The highest BCUT2D eigenvalue weighted by molar-refractivity contribution is 5.80. The SMILES string of the molecule is O=C(O)Cn1cc(CNC(=O)C2COCCO2)nn1. The quantitative estimate of drug-likeness (QED) is 0.661. The van der Waals surface area contributed by atoms with E-state index in [0.717, 1.165) is 0 Å². The third-order valence-electron chi connectivity index (χ3n) is 2.44. The molecule has 1 aliphatic heterocycles. The standard InChI is InChI=1S/C10H14N4O5/c15-9(16)5-14-4-7(12-13-14)3-11-10(17)8-6-18-1-2-19-8/h4,8H,1-3,5-6H2,(H,11,17)(H,15,16). The lowest BCUT2D eigenvalue weighted by atomic mass is 10.3. The molecule has 2 rings (SSSR count). The van der Waals surface area contributed by atoms with Crippen LogP contribution in [0.25, 0.3) is 0 Å². The van der Waals surface area contributed by atoms with Crippen LogP contribution in [-0.2, 0) is 32.2 Å². The summed E-state index contributed by atoms with van der Waals surface area (Å²) < 4.78 is 11.5. The second-order valence-corrected chi connectivity index (χ2v) is 3.95. The van der Waals surface area contributed by atoms with Crippen molar-refractivity contribution in [1.29, 1.82) is 0 Å². The minimum absolute atomic E-state index is 0.165. The van der Waals surface area contributed by atoms with Gasteiger partial charge in [0.2, 0.25) is 0 Å². The Morgan fingerprint density at radius 3 is 3.05 bits per heavy atom. The van der Waals surface area contributed by atoms with Gasteiger partial charge in [-0.15, -0.1) is 5.10 Å². The summed E-state index contributed by atoms with van der Waals surface area (Å²) in [5.41, 5.74) is 0.478. The summed E-state index contributed by atoms with van der Waals surface area (Å²) in [4.78, 5) is 22.2. The maximum absolute atomic E-state index is 11.7. The molecule has 9 heteroatoms. The first-order valence-corrected chi connectivity index (χ1v) is 5.73. The molecule has 0 saturated carbocycles. The van der Waals surface area contributed by atoms with Crippen LogP contribution in [0.2, 0.25) is 0 Å². The number of nitrogens with zero attached hydrogens (tertiary/aromatic N) is 3. The van der Waals surface area contributed by atoms with Crippen LogP contribution in [0.4, 0.5) is 0 Å². The van der Waals surface area contributed by atoms with E-state index in [2.05, 4.69) is 15.6 Å². The van der Waals surface area contributed by atoms with Crippen molar-refractivity contribution in [2.75, 3.05) is 19.8 Å². The average Bonchev–Trinajstić information content (AvgIpc) is 2.84. The summed E-state index contributed by atoms with van der Waals surface area (Å²) in [6, 6.07) is 0. The Morgan fingerprint density at radius 1 is 1.53 bits per heavy atom. The smallest absolute Gasteiger partial charge is 0.325 e. The molecule has 0 aliphatic carbocycles. The van der Waals surface area contributed by atoms with Gasteiger partial charge in [0.1, 0.15) is 12.2 Å². The number of carboxylic acids is 1. The van der Waals surface area contributed by atoms with Crippen LogP contribution in [0.1, 0.15) is 5.69 Å². The molecule has 1 saturated heterocycles. The van der Waals surface area contributed by atoms with Gasteiger partial charge in [-0.3, -0.25) is 9.59 Å². The Balaban J connectivity index is 1.79. The minimum atomic E-state index is -1.01. The van der Waals surface area contributed by atoms with Crippen molar-refractivity contribution >= 4 is 11.9 Å². The first-order valence-electron chi connectivity index (χ1n) is 5.73. The first kappa shape index (κ1) is 13.4. The number of nitrogens with one attached hydrogen (secondary N) is 1. The predicted octanol–water partition coefficient (Wildman–Crippen LogP) is -1.61. The van der Waals surface area contributed by atoms with Crippen LogP contribution < -0.4 is 5.32 Å². The average molecular weight is 270 g/mol. The topological polar surface area (TPSA) is 116 Å². The van der Waals surface area contributed by atoms with Gasteiger partial charge in [0.25, 0.3) is 5.91 Å². The number of carboxylic acid groups (broad SMARTS) is 1. The molecule has 2 heterocycles. The molecule has 0 bridgehead atoms. The molecular formula is C10H14N4O5. The lowest BCUT2D eigenvalue weighted by molar-refractivity contribution is -0.147. The van der Waals surface area contributed by atoms with Gasteiger partial charge in [0.15, 0.2) is 6.10 Å². The van der Waals surface area contributed by atoms with Crippen LogP contribution in [0.3, 0.4) is 0 Å². The maximum Gasteiger partial charge on any atom is 0.325 e. The van der Waals surface area contributed by atoms with Crippen molar-refractivity contribution in [2.24, 2.45) is 0 Å². The van der Waals surface area contributed by atoms with Gasteiger partial charge in [0, 0.05) is 0 Å². The van der Waals surface area contributed by atoms with E-state index in [-0.39, 0.29) is 25.6 Å². The highest BCUT2D eigenvalue weighted by atomic mass is 16.6. The third kappa shape index (κ3) is 4.00. The zero-order valence-electron chi connectivity index (χ0n) is 10.1. The summed E-state index contributed by atoms with van der Waals surface area (Å²) in [6.45, 7) is 1.02. The predicted molar refractivity (Wildman–Crippen MR) is 60.1 cm³/mol. The molecule has 1 aliphatic rings. The normalized spacial score (nSPS) is 19.1. The molecule has 0 spiro atoms. The van der Waals surface area contributed by atoms with Gasteiger partial charge in [-0.05, 0) is 0 Å². The van der Waals surface area contributed by atoms with E-state index in [4.69, 9.17) is 14.6 Å².